The summed E-state index contributed by atoms with van der Waals surface area (Å²) in [7, 11) is 0. The zero-order valence-electron chi connectivity index (χ0n) is 8.59. The fourth-order valence-electron chi connectivity index (χ4n) is 1.03. The van der Waals surface area contributed by atoms with E-state index in [9.17, 15) is 0 Å². The number of hydrogen-bond donors (Lipinski definition) is 1. The van der Waals surface area contributed by atoms with Gasteiger partial charge in [0.2, 0.25) is 0 Å². The van der Waals surface area contributed by atoms with Gasteiger partial charge in [-0.2, -0.15) is 0 Å². The van der Waals surface area contributed by atoms with Crippen LogP contribution in [0.15, 0.2) is 22.7 Å². The minimum Gasteiger partial charge on any atom is -0.493 e. The van der Waals surface area contributed by atoms with Crippen molar-refractivity contribution >= 4 is 15.9 Å². The fraction of sp³-hybridized carbons (Fsp3) is 0.455. The standard InChI is InChI=1S/C11H16BrNO/c1-8(6-13)7-14-11-5-10(12)4-3-9(11)2/h3-5,8H,6-7,13H2,1-2H3. The Morgan fingerprint density at radius 3 is 2.86 bits per heavy atom. The summed E-state index contributed by atoms with van der Waals surface area (Å²) in [5.41, 5.74) is 6.67. The van der Waals surface area contributed by atoms with E-state index in [1.165, 1.54) is 0 Å². The van der Waals surface area contributed by atoms with Crippen LogP contribution >= 0.6 is 15.9 Å². The Balaban J connectivity index is 2.62. The van der Waals surface area contributed by atoms with Crippen molar-refractivity contribution in [2.75, 3.05) is 13.2 Å². The molecule has 2 nitrogen and oxygen atoms in total. The van der Waals surface area contributed by atoms with E-state index in [-0.39, 0.29) is 0 Å². The molecule has 0 bridgehead atoms. The van der Waals surface area contributed by atoms with Crippen LogP contribution in [0.3, 0.4) is 0 Å². The molecule has 1 rings (SSSR count). The van der Waals surface area contributed by atoms with E-state index in [0.29, 0.717) is 19.1 Å². The summed E-state index contributed by atoms with van der Waals surface area (Å²) >= 11 is 3.42. The van der Waals surface area contributed by atoms with E-state index >= 15 is 0 Å². The molecule has 1 unspecified atom stereocenters. The minimum atomic E-state index is 0.397. The molecule has 0 fully saturated rings. The average Bonchev–Trinajstić information content (AvgIpc) is 2.19. The summed E-state index contributed by atoms with van der Waals surface area (Å²) in [4.78, 5) is 0. The maximum atomic E-state index is 5.66. The molecule has 0 heterocycles. The second-order valence-corrected chi connectivity index (χ2v) is 4.48. The van der Waals surface area contributed by atoms with Gasteiger partial charge in [0, 0.05) is 10.4 Å². The number of aryl methyl sites for hydroxylation is 1. The largest absolute Gasteiger partial charge is 0.493 e. The summed E-state index contributed by atoms with van der Waals surface area (Å²) in [6, 6.07) is 6.03. The molecule has 1 aromatic rings. The number of halogens is 1. The Labute approximate surface area is 93.6 Å². The highest BCUT2D eigenvalue weighted by Crippen LogP contribution is 2.23. The summed E-state index contributed by atoms with van der Waals surface area (Å²) in [5.74, 6) is 1.33. The summed E-state index contributed by atoms with van der Waals surface area (Å²) < 4.78 is 6.70. The van der Waals surface area contributed by atoms with E-state index in [1.807, 2.05) is 25.1 Å². The van der Waals surface area contributed by atoms with Crippen LogP contribution in [0.5, 0.6) is 5.75 Å². The van der Waals surface area contributed by atoms with Crippen LogP contribution in [-0.2, 0) is 0 Å². The third-order valence-electron chi connectivity index (χ3n) is 2.08. The lowest BCUT2D eigenvalue weighted by atomic mass is 10.2. The maximum absolute atomic E-state index is 5.66. The fourth-order valence-corrected chi connectivity index (χ4v) is 1.37. The molecule has 14 heavy (non-hydrogen) atoms. The van der Waals surface area contributed by atoms with E-state index in [2.05, 4.69) is 22.9 Å². The predicted octanol–water partition coefficient (Wildman–Crippen LogP) is 2.73. The van der Waals surface area contributed by atoms with Gasteiger partial charge < -0.3 is 10.5 Å². The Bertz CT molecular complexity index is 301. The molecule has 3 heteroatoms. The van der Waals surface area contributed by atoms with Crippen molar-refractivity contribution in [3.05, 3.63) is 28.2 Å². The topological polar surface area (TPSA) is 35.2 Å². The number of hydrogen-bond acceptors (Lipinski definition) is 2. The van der Waals surface area contributed by atoms with Gasteiger partial charge >= 0.3 is 0 Å². The van der Waals surface area contributed by atoms with Crippen LogP contribution in [0.25, 0.3) is 0 Å². The molecule has 1 atom stereocenters. The summed E-state index contributed by atoms with van der Waals surface area (Å²) in [6.45, 7) is 5.45. The molecule has 1 aromatic carbocycles. The first-order valence-corrected chi connectivity index (χ1v) is 5.51. The second-order valence-electron chi connectivity index (χ2n) is 3.56. The molecular weight excluding hydrogens is 242 g/mol. The first-order chi connectivity index (χ1) is 6.63. The van der Waals surface area contributed by atoms with Crippen molar-refractivity contribution in [3.63, 3.8) is 0 Å². The minimum absolute atomic E-state index is 0.397. The lowest BCUT2D eigenvalue weighted by molar-refractivity contribution is 0.262. The lowest BCUT2D eigenvalue weighted by Crippen LogP contribution is -2.18. The highest BCUT2D eigenvalue weighted by molar-refractivity contribution is 9.10. The molecule has 0 aliphatic heterocycles. The third-order valence-corrected chi connectivity index (χ3v) is 2.57. The van der Waals surface area contributed by atoms with Crippen molar-refractivity contribution in [2.24, 2.45) is 11.7 Å². The van der Waals surface area contributed by atoms with Crippen molar-refractivity contribution < 1.29 is 4.74 Å². The molecule has 0 radical (unpaired) electrons. The van der Waals surface area contributed by atoms with Gasteiger partial charge in [-0.05, 0) is 31.2 Å². The molecule has 0 saturated carbocycles. The smallest absolute Gasteiger partial charge is 0.123 e. The van der Waals surface area contributed by atoms with Gasteiger partial charge in [0.05, 0.1) is 6.61 Å². The zero-order chi connectivity index (χ0) is 10.6. The van der Waals surface area contributed by atoms with Crippen molar-refractivity contribution in [2.45, 2.75) is 13.8 Å². The average molecular weight is 258 g/mol. The van der Waals surface area contributed by atoms with Crippen LogP contribution in [0, 0.1) is 12.8 Å². The van der Waals surface area contributed by atoms with E-state index in [4.69, 9.17) is 10.5 Å². The number of nitrogens with two attached hydrogens (primary N) is 1. The van der Waals surface area contributed by atoms with Gasteiger partial charge in [-0.1, -0.05) is 28.9 Å². The molecule has 0 amide bonds. The van der Waals surface area contributed by atoms with Gasteiger partial charge in [-0.25, -0.2) is 0 Å². The molecule has 0 aliphatic rings. The van der Waals surface area contributed by atoms with Gasteiger partial charge in [0.1, 0.15) is 5.75 Å². The maximum Gasteiger partial charge on any atom is 0.123 e. The molecule has 0 saturated heterocycles. The molecular formula is C11H16BrNO. The van der Waals surface area contributed by atoms with Crippen LogP contribution < -0.4 is 10.5 Å². The highest BCUT2D eigenvalue weighted by atomic mass is 79.9. The predicted molar refractivity (Wildman–Crippen MR) is 62.6 cm³/mol. The van der Waals surface area contributed by atoms with E-state index in [1.54, 1.807) is 0 Å². The highest BCUT2D eigenvalue weighted by Gasteiger charge is 2.03. The van der Waals surface area contributed by atoms with E-state index in [0.717, 1.165) is 15.8 Å². The SMILES string of the molecule is Cc1ccc(Br)cc1OCC(C)CN. The van der Waals surface area contributed by atoms with Gasteiger partial charge in [-0.15, -0.1) is 0 Å². The molecule has 0 aliphatic carbocycles. The van der Waals surface area contributed by atoms with Gasteiger partial charge in [0.15, 0.2) is 0 Å². The van der Waals surface area contributed by atoms with Gasteiger partial charge in [-0.3, -0.25) is 0 Å². The Hall–Kier alpha value is -0.540. The van der Waals surface area contributed by atoms with Crippen LogP contribution in [0.2, 0.25) is 0 Å². The summed E-state index contributed by atoms with van der Waals surface area (Å²) in [6.07, 6.45) is 0. The first kappa shape index (κ1) is 11.5. The Morgan fingerprint density at radius 2 is 2.21 bits per heavy atom. The van der Waals surface area contributed by atoms with Crippen LogP contribution in [0.1, 0.15) is 12.5 Å². The van der Waals surface area contributed by atoms with Crippen LogP contribution in [-0.4, -0.2) is 13.2 Å². The van der Waals surface area contributed by atoms with E-state index < -0.39 is 0 Å². The second kappa shape index (κ2) is 5.37. The molecule has 78 valence electrons. The monoisotopic (exact) mass is 257 g/mol. The van der Waals surface area contributed by atoms with Crippen molar-refractivity contribution in [3.8, 4) is 5.75 Å². The summed E-state index contributed by atoms with van der Waals surface area (Å²) in [5, 5.41) is 0. The normalized spacial score (nSPS) is 12.6. The quantitative estimate of drug-likeness (QED) is 0.901. The Kier molecular flexibility index (Phi) is 4.42. The Morgan fingerprint density at radius 1 is 1.50 bits per heavy atom. The lowest BCUT2D eigenvalue weighted by Gasteiger charge is -2.12. The van der Waals surface area contributed by atoms with Gasteiger partial charge in [0.25, 0.3) is 0 Å². The van der Waals surface area contributed by atoms with Crippen LogP contribution in [0.4, 0.5) is 0 Å². The first-order valence-electron chi connectivity index (χ1n) is 4.72. The molecule has 0 aromatic heterocycles. The molecule has 2 N–H and O–H groups in total. The number of rotatable bonds is 4. The third kappa shape index (κ3) is 3.31. The zero-order valence-corrected chi connectivity index (χ0v) is 10.2. The number of ether oxygens (including phenoxy) is 1. The van der Waals surface area contributed by atoms with Crippen molar-refractivity contribution in [1.82, 2.24) is 0 Å². The molecule has 0 spiro atoms. The number of benzene rings is 1. The van der Waals surface area contributed by atoms with Crippen molar-refractivity contribution in [1.29, 1.82) is 0 Å².